The number of likely N-dealkylation sites (tertiary alicyclic amines) is 1. The van der Waals surface area contributed by atoms with Gasteiger partial charge < -0.3 is 0 Å². The van der Waals surface area contributed by atoms with Crippen LogP contribution in [0.15, 0.2) is 54.6 Å². The molecule has 0 aromatic heterocycles. The summed E-state index contributed by atoms with van der Waals surface area (Å²) in [4.78, 5) is 43.6. The van der Waals surface area contributed by atoms with Crippen molar-refractivity contribution < 1.29 is 14.4 Å². The number of hydrogen-bond donors (Lipinski definition) is 0. The zero-order valence-electron chi connectivity index (χ0n) is 18.6. The van der Waals surface area contributed by atoms with Crippen LogP contribution < -0.4 is 4.90 Å². The van der Waals surface area contributed by atoms with Crippen molar-refractivity contribution in [1.29, 1.82) is 0 Å². The molecule has 6 atom stereocenters. The van der Waals surface area contributed by atoms with Gasteiger partial charge in [-0.3, -0.25) is 24.2 Å². The summed E-state index contributed by atoms with van der Waals surface area (Å²) in [5, 5.41) is 0.533. The zero-order valence-corrected chi connectivity index (χ0v) is 19.3. The van der Waals surface area contributed by atoms with Crippen molar-refractivity contribution in [2.45, 2.75) is 20.3 Å². The van der Waals surface area contributed by atoms with E-state index < -0.39 is 0 Å². The van der Waals surface area contributed by atoms with Gasteiger partial charge in [-0.05, 0) is 73.3 Å². The lowest BCUT2D eigenvalue weighted by Crippen LogP contribution is -2.45. The van der Waals surface area contributed by atoms with Crippen LogP contribution in [0.1, 0.15) is 27.9 Å². The molecule has 1 heterocycles. The van der Waals surface area contributed by atoms with Crippen LogP contribution in [0.4, 0.5) is 5.69 Å². The maximum atomic E-state index is 13.7. The molecule has 0 spiro atoms. The molecule has 3 fully saturated rings. The van der Waals surface area contributed by atoms with Crippen molar-refractivity contribution in [2.75, 3.05) is 11.6 Å². The number of nitrogens with zero attached hydrogens (tertiary/aromatic N) is 2. The molecule has 4 aliphatic carbocycles. The van der Waals surface area contributed by atoms with Gasteiger partial charge in [-0.1, -0.05) is 48.0 Å². The Bertz CT molecular complexity index is 1200. The number of amides is 3. The molecule has 2 aromatic carbocycles. The predicted molar refractivity (Wildman–Crippen MR) is 126 cm³/mol. The summed E-state index contributed by atoms with van der Waals surface area (Å²) in [5.74, 6) is 0.277. The van der Waals surface area contributed by atoms with E-state index in [9.17, 15) is 14.4 Å². The van der Waals surface area contributed by atoms with Crippen LogP contribution in [0.5, 0.6) is 0 Å². The number of anilines is 1. The number of carbonyl (C=O) groups excluding carboxylic acids is 3. The molecule has 5 aliphatic rings. The molecule has 6 heteroatoms. The Morgan fingerprint density at radius 3 is 2.21 bits per heavy atom. The molecular weight excluding hydrogens is 436 g/mol. The summed E-state index contributed by atoms with van der Waals surface area (Å²) in [6.07, 6.45) is 5.44. The quantitative estimate of drug-likeness (QED) is 0.494. The number of halogens is 1. The number of carbonyl (C=O) groups is 3. The van der Waals surface area contributed by atoms with Gasteiger partial charge in [-0.2, -0.15) is 0 Å². The van der Waals surface area contributed by atoms with Crippen molar-refractivity contribution in [3.63, 3.8) is 0 Å². The highest BCUT2D eigenvalue weighted by atomic mass is 35.5. The number of hydrogen-bond acceptors (Lipinski definition) is 3. The van der Waals surface area contributed by atoms with Crippen LogP contribution in [0, 0.1) is 49.4 Å². The molecule has 7 rings (SSSR count). The minimum atomic E-state index is -0.284. The van der Waals surface area contributed by atoms with Crippen LogP contribution in [-0.4, -0.2) is 29.3 Å². The average molecular weight is 461 g/mol. The van der Waals surface area contributed by atoms with Crippen LogP contribution in [0.2, 0.25) is 5.02 Å². The molecule has 1 aliphatic heterocycles. The highest BCUT2D eigenvalue weighted by Crippen LogP contribution is 2.65. The Balaban J connectivity index is 1.37. The van der Waals surface area contributed by atoms with Crippen LogP contribution in [0.25, 0.3) is 0 Å². The second-order valence-corrected chi connectivity index (χ2v) is 10.3. The van der Waals surface area contributed by atoms with E-state index in [0.29, 0.717) is 28.1 Å². The molecule has 2 saturated carbocycles. The lowest BCUT2D eigenvalue weighted by Gasteiger charge is -2.37. The Morgan fingerprint density at radius 2 is 1.61 bits per heavy atom. The first-order valence-corrected chi connectivity index (χ1v) is 11.9. The minimum absolute atomic E-state index is 0.105. The van der Waals surface area contributed by atoms with Crippen molar-refractivity contribution in [3.8, 4) is 0 Å². The van der Waals surface area contributed by atoms with E-state index in [-0.39, 0.29) is 48.1 Å². The third-order valence-corrected chi connectivity index (χ3v) is 8.53. The predicted octanol–water partition coefficient (Wildman–Crippen LogP) is 4.61. The zero-order chi connectivity index (χ0) is 23.0. The number of imide groups is 1. The van der Waals surface area contributed by atoms with Gasteiger partial charge in [0.05, 0.1) is 11.8 Å². The fourth-order valence-corrected chi connectivity index (χ4v) is 6.45. The van der Waals surface area contributed by atoms with E-state index in [1.165, 1.54) is 9.80 Å². The van der Waals surface area contributed by atoms with Gasteiger partial charge in [0.25, 0.3) is 5.91 Å². The molecule has 168 valence electrons. The van der Waals surface area contributed by atoms with Crippen molar-refractivity contribution in [3.05, 3.63) is 76.3 Å². The Morgan fingerprint density at radius 1 is 0.970 bits per heavy atom. The standard InChI is InChI=1S/C27H25ClN2O3/c1-14-5-3-4-6-17(14)25(31)29(16-8-7-15(2)22(28)11-16)13-30-26(32)23-18-9-10-19(21-12-20(18)21)24(23)27(30)33/h3-11,18-21,23-24H,12-13H2,1-2H3. The SMILES string of the molecule is Cc1ccc(N(CN2C(=O)C3C4C=CC(C5CC45)C3C2=O)C(=O)c2ccccc2C)cc1Cl. The topological polar surface area (TPSA) is 57.7 Å². The van der Waals surface area contributed by atoms with Crippen molar-refractivity contribution >= 4 is 35.0 Å². The second kappa shape index (κ2) is 7.29. The largest absolute Gasteiger partial charge is 0.289 e. The molecule has 33 heavy (non-hydrogen) atoms. The molecule has 6 unspecified atom stereocenters. The summed E-state index contributed by atoms with van der Waals surface area (Å²) in [6, 6.07) is 12.7. The molecule has 3 amide bonds. The molecule has 5 nitrogen and oxygen atoms in total. The van der Waals surface area contributed by atoms with E-state index >= 15 is 0 Å². The molecule has 2 aromatic rings. The van der Waals surface area contributed by atoms with Crippen molar-refractivity contribution in [1.82, 2.24) is 4.90 Å². The fraction of sp³-hybridized carbons (Fsp3) is 0.370. The number of rotatable bonds is 4. The highest BCUT2D eigenvalue weighted by Gasteiger charge is 2.67. The number of benzene rings is 2. The van der Waals surface area contributed by atoms with Crippen molar-refractivity contribution in [2.24, 2.45) is 35.5 Å². The summed E-state index contributed by atoms with van der Waals surface area (Å²) < 4.78 is 0. The smallest absolute Gasteiger partial charge is 0.260 e. The van der Waals surface area contributed by atoms with E-state index in [0.717, 1.165) is 17.5 Å². The Kier molecular flexibility index (Phi) is 4.57. The maximum Gasteiger partial charge on any atom is 0.260 e. The Hall–Kier alpha value is -2.92. The molecule has 1 saturated heterocycles. The van der Waals surface area contributed by atoms with Crippen LogP contribution >= 0.6 is 11.6 Å². The van der Waals surface area contributed by atoms with Crippen LogP contribution in [-0.2, 0) is 9.59 Å². The lowest BCUT2D eigenvalue weighted by molar-refractivity contribution is -0.140. The van der Waals surface area contributed by atoms with E-state index in [4.69, 9.17) is 11.6 Å². The summed E-state index contributed by atoms with van der Waals surface area (Å²) in [6.45, 7) is 3.67. The Labute approximate surface area is 198 Å². The van der Waals surface area contributed by atoms with E-state index in [1.807, 2.05) is 44.2 Å². The molecule has 0 radical (unpaired) electrons. The van der Waals surface area contributed by atoms with Gasteiger partial charge in [0.2, 0.25) is 11.8 Å². The molecule has 0 N–H and O–H groups in total. The number of aryl methyl sites for hydroxylation is 2. The monoisotopic (exact) mass is 460 g/mol. The minimum Gasteiger partial charge on any atom is -0.289 e. The first kappa shape index (κ1) is 20.7. The molecular formula is C27H25ClN2O3. The summed E-state index contributed by atoms with van der Waals surface area (Å²) in [5.41, 5.74) is 2.83. The van der Waals surface area contributed by atoms with Gasteiger partial charge in [0.1, 0.15) is 6.67 Å². The van der Waals surface area contributed by atoms with Gasteiger partial charge in [-0.25, -0.2) is 0 Å². The summed E-state index contributed by atoms with van der Waals surface area (Å²) >= 11 is 6.39. The van der Waals surface area contributed by atoms with Gasteiger partial charge in [0.15, 0.2) is 0 Å². The highest BCUT2D eigenvalue weighted by molar-refractivity contribution is 6.31. The third kappa shape index (κ3) is 3.02. The molecule has 2 bridgehead atoms. The first-order valence-electron chi connectivity index (χ1n) is 11.5. The second-order valence-electron chi connectivity index (χ2n) is 9.88. The van der Waals surface area contributed by atoms with Gasteiger partial charge in [-0.15, -0.1) is 0 Å². The van der Waals surface area contributed by atoms with Gasteiger partial charge in [0, 0.05) is 16.3 Å². The van der Waals surface area contributed by atoms with Gasteiger partial charge >= 0.3 is 0 Å². The first-order chi connectivity index (χ1) is 15.9. The average Bonchev–Trinajstić information content (AvgIpc) is 3.59. The fourth-order valence-electron chi connectivity index (χ4n) is 6.27. The normalized spacial score (nSPS) is 30.9. The summed E-state index contributed by atoms with van der Waals surface area (Å²) in [7, 11) is 0. The van der Waals surface area contributed by atoms with E-state index in [2.05, 4.69) is 12.2 Å². The van der Waals surface area contributed by atoms with Crippen LogP contribution in [0.3, 0.4) is 0 Å². The lowest BCUT2D eigenvalue weighted by atomic mass is 9.63. The maximum absolute atomic E-state index is 13.7. The third-order valence-electron chi connectivity index (χ3n) is 8.12. The number of allylic oxidation sites excluding steroid dienone is 2. The van der Waals surface area contributed by atoms with E-state index in [1.54, 1.807) is 12.1 Å².